The van der Waals surface area contributed by atoms with Crippen LogP contribution in [-0.2, 0) is 16.1 Å². The SMILES string of the molecule is C[C@H]1CCCC[C@]12NC(=O)N(CC(=O)NCc1ccco1)C2=O. The molecule has 7 nitrogen and oxygen atoms in total. The molecule has 1 aliphatic heterocycles. The number of rotatable bonds is 4. The molecule has 7 heteroatoms. The number of carbonyl (C=O) groups is 3. The van der Waals surface area contributed by atoms with E-state index in [1.807, 2.05) is 6.92 Å². The largest absolute Gasteiger partial charge is 0.467 e. The predicted molar refractivity (Wildman–Crippen MR) is 81.2 cm³/mol. The summed E-state index contributed by atoms with van der Waals surface area (Å²) in [6, 6.07) is 3.00. The smallest absolute Gasteiger partial charge is 0.325 e. The summed E-state index contributed by atoms with van der Waals surface area (Å²) < 4.78 is 5.13. The van der Waals surface area contributed by atoms with Gasteiger partial charge in [0.1, 0.15) is 17.8 Å². The summed E-state index contributed by atoms with van der Waals surface area (Å²) in [6.07, 6.45) is 5.05. The Labute approximate surface area is 134 Å². The van der Waals surface area contributed by atoms with Crippen molar-refractivity contribution in [2.24, 2.45) is 5.92 Å². The Morgan fingerprint density at radius 2 is 2.30 bits per heavy atom. The molecule has 2 fully saturated rings. The molecule has 1 saturated carbocycles. The van der Waals surface area contributed by atoms with E-state index in [1.54, 1.807) is 12.1 Å². The fourth-order valence-corrected chi connectivity index (χ4v) is 3.44. The van der Waals surface area contributed by atoms with Gasteiger partial charge in [-0.05, 0) is 30.9 Å². The lowest BCUT2D eigenvalue weighted by Gasteiger charge is -2.36. The van der Waals surface area contributed by atoms with Crippen molar-refractivity contribution in [3.05, 3.63) is 24.2 Å². The molecule has 1 aromatic rings. The maximum Gasteiger partial charge on any atom is 0.325 e. The van der Waals surface area contributed by atoms with E-state index in [4.69, 9.17) is 4.42 Å². The molecule has 3 rings (SSSR count). The molecule has 1 spiro atoms. The van der Waals surface area contributed by atoms with Crippen LogP contribution in [0.25, 0.3) is 0 Å². The number of hydrogen-bond acceptors (Lipinski definition) is 4. The Hall–Kier alpha value is -2.31. The number of amides is 4. The summed E-state index contributed by atoms with van der Waals surface area (Å²) in [4.78, 5) is 37.9. The van der Waals surface area contributed by atoms with E-state index in [0.29, 0.717) is 12.2 Å². The Morgan fingerprint density at radius 1 is 1.48 bits per heavy atom. The van der Waals surface area contributed by atoms with E-state index in [-0.39, 0.29) is 30.8 Å². The van der Waals surface area contributed by atoms with Crippen LogP contribution in [0.2, 0.25) is 0 Å². The van der Waals surface area contributed by atoms with Gasteiger partial charge in [-0.2, -0.15) is 0 Å². The molecule has 2 heterocycles. The van der Waals surface area contributed by atoms with Crippen molar-refractivity contribution in [2.75, 3.05) is 6.54 Å². The van der Waals surface area contributed by atoms with Gasteiger partial charge in [0, 0.05) is 0 Å². The fourth-order valence-electron chi connectivity index (χ4n) is 3.44. The topological polar surface area (TPSA) is 91.7 Å². The van der Waals surface area contributed by atoms with Crippen molar-refractivity contribution < 1.29 is 18.8 Å². The van der Waals surface area contributed by atoms with Gasteiger partial charge in [0.15, 0.2) is 0 Å². The molecule has 23 heavy (non-hydrogen) atoms. The van der Waals surface area contributed by atoms with Gasteiger partial charge in [-0.3, -0.25) is 14.5 Å². The van der Waals surface area contributed by atoms with Crippen LogP contribution in [0.3, 0.4) is 0 Å². The zero-order valence-electron chi connectivity index (χ0n) is 13.1. The molecule has 4 amide bonds. The van der Waals surface area contributed by atoms with Crippen molar-refractivity contribution >= 4 is 17.8 Å². The van der Waals surface area contributed by atoms with Crippen molar-refractivity contribution in [1.82, 2.24) is 15.5 Å². The summed E-state index contributed by atoms with van der Waals surface area (Å²) in [5, 5.41) is 5.48. The van der Waals surface area contributed by atoms with Crippen LogP contribution in [0.5, 0.6) is 0 Å². The van der Waals surface area contributed by atoms with Gasteiger partial charge in [-0.15, -0.1) is 0 Å². The van der Waals surface area contributed by atoms with E-state index in [1.165, 1.54) is 6.26 Å². The van der Waals surface area contributed by atoms with Gasteiger partial charge in [0.05, 0.1) is 12.8 Å². The van der Waals surface area contributed by atoms with Gasteiger partial charge in [0.25, 0.3) is 5.91 Å². The van der Waals surface area contributed by atoms with Crippen LogP contribution < -0.4 is 10.6 Å². The molecule has 1 aromatic heterocycles. The first-order chi connectivity index (χ1) is 11.0. The summed E-state index contributed by atoms with van der Waals surface area (Å²) in [6.45, 7) is 1.95. The van der Waals surface area contributed by atoms with Gasteiger partial charge in [-0.1, -0.05) is 19.8 Å². The average molecular weight is 319 g/mol. The lowest BCUT2D eigenvalue weighted by molar-refractivity contribution is -0.137. The lowest BCUT2D eigenvalue weighted by atomic mass is 9.73. The molecule has 124 valence electrons. The van der Waals surface area contributed by atoms with Gasteiger partial charge < -0.3 is 15.1 Å². The highest BCUT2D eigenvalue weighted by atomic mass is 16.3. The maximum atomic E-state index is 12.7. The first kappa shape index (κ1) is 15.6. The summed E-state index contributed by atoms with van der Waals surface area (Å²) >= 11 is 0. The number of nitrogens with one attached hydrogen (secondary N) is 2. The number of urea groups is 1. The quantitative estimate of drug-likeness (QED) is 0.821. The molecule has 1 saturated heterocycles. The molecular formula is C16H21N3O4. The average Bonchev–Trinajstić information content (AvgIpc) is 3.12. The number of imide groups is 1. The van der Waals surface area contributed by atoms with E-state index >= 15 is 0 Å². The molecule has 1 aliphatic carbocycles. The third-order valence-electron chi connectivity index (χ3n) is 4.84. The van der Waals surface area contributed by atoms with Crippen molar-refractivity contribution in [1.29, 1.82) is 0 Å². The molecule has 0 bridgehead atoms. The lowest BCUT2D eigenvalue weighted by Crippen LogP contribution is -2.54. The minimum atomic E-state index is -0.823. The maximum absolute atomic E-state index is 12.7. The molecule has 0 aromatic carbocycles. The van der Waals surface area contributed by atoms with Crippen molar-refractivity contribution in [3.63, 3.8) is 0 Å². The van der Waals surface area contributed by atoms with E-state index in [0.717, 1.165) is 24.2 Å². The van der Waals surface area contributed by atoms with Gasteiger partial charge in [-0.25, -0.2) is 4.79 Å². The predicted octanol–water partition coefficient (Wildman–Crippen LogP) is 1.40. The molecule has 2 atom stereocenters. The molecule has 0 radical (unpaired) electrons. The van der Waals surface area contributed by atoms with E-state index < -0.39 is 11.6 Å². The number of furan rings is 1. The van der Waals surface area contributed by atoms with Crippen LogP contribution >= 0.6 is 0 Å². The van der Waals surface area contributed by atoms with Crippen molar-refractivity contribution in [2.45, 2.75) is 44.7 Å². The zero-order valence-corrected chi connectivity index (χ0v) is 13.1. The Bertz CT molecular complexity index is 613. The number of carbonyl (C=O) groups excluding carboxylic acids is 3. The van der Waals surface area contributed by atoms with Crippen LogP contribution in [0.1, 0.15) is 38.4 Å². The molecule has 0 unspecified atom stereocenters. The first-order valence-electron chi connectivity index (χ1n) is 7.96. The van der Waals surface area contributed by atoms with Gasteiger partial charge >= 0.3 is 6.03 Å². The van der Waals surface area contributed by atoms with E-state index in [2.05, 4.69) is 10.6 Å². The van der Waals surface area contributed by atoms with Crippen LogP contribution in [0.15, 0.2) is 22.8 Å². The summed E-state index contributed by atoms with van der Waals surface area (Å²) in [5.41, 5.74) is -0.823. The van der Waals surface area contributed by atoms with Crippen molar-refractivity contribution in [3.8, 4) is 0 Å². The monoisotopic (exact) mass is 319 g/mol. The second-order valence-electron chi connectivity index (χ2n) is 6.30. The van der Waals surface area contributed by atoms with Crippen LogP contribution in [-0.4, -0.2) is 34.8 Å². The summed E-state index contributed by atoms with van der Waals surface area (Å²) in [7, 11) is 0. The fraction of sp³-hybridized carbons (Fsp3) is 0.562. The number of nitrogens with zero attached hydrogens (tertiary/aromatic N) is 1. The third kappa shape index (κ3) is 2.83. The van der Waals surface area contributed by atoms with Crippen LogP contribution in [0, 0.1) is 5.92 Å². The molecular weight excluding hydrogens is 298 g/mol. The standard InChI is InChI=1S/C16H21N3O4/c1-11-5-2-3-7-16(11)14(21)19(15(22)18-16)10-13(20)17-9-12-6-4-8-23-12/h4,6,8,11H,2-3,5,7,9-10H2,1H3,(H,17,20)(H,18,22)/t11-,16-/m0/s1. The molecule has 2 N–H and O–H groups in total. The minimum absolute atomic E-state index is 0.0869. The highest BCUT2D eigenvalue weighted by Crippen LogP contribution is 2.38. The van der Waals surface area contributed by atoms with Gasteiger partial charge in [0.2, 0.25) is 5.91 Å². The Morgan fingerprint density at radius 3 is 3.00 bits per heavy atom. The van der Waals surface area contributed by atoms with Crippen LogP contribution in [0.4, 0.5) is 4.79 Å². The zero-order chi connectivity index (χ0) is 16.4. The van der Waals surface area contributed by atoms with E-state index in [9.17, 15) is 14.4 Å². The molecule has 2 aliphatic rings. The minimum Gasteiger partial charge on any atom is -0.467 e. The normalized spacial score (nSPS) is 27.3. The second kappa shape index (κ2) is 6.06. The highest BCUT2D eigenvalue weighted by Gasteiger charge is 2.55. The Balaban J connectivity index is 1.62. The Kier molecular flexibility index (Phi) is 4.11. The second-order valence-corrected chi connectivity index (χ2v) is 6.30. The highest BCUT2D eigenvalue weighted by molar-refractivity contribution is 6.09. The first-order valence-corrected chi connectivity index (χ1v) is 7.96. The summed E-state index contributed by atoms with van der Waals surface area (Å²) in [5.74, 6) is 0.0464. The number of hydrogen-bond donors (Lipinski definition) is 2. The third-order valence-corrected chi connectivity index (χ3v) is 4.84.